The van der Waals surface area contributed by atoms with Gasteiger partial charge in [0.1, 0.15) is 0 Å². The Morgan fingerprint density at radius 1 is 1.25 bits per heavy atom. The van der Waals surface area contributed by atoms with Crippen molar-refractivity contribution in [1.29, 1.82) is 0 Å². The van der Waals surface area contributed by atoms with Crippen LogP contribution in [-0.4, -0.2) is 26.9 Å². The van der Waals surface area contributed by atoms with Gasteiger partial charge in [-0.1, -0.05) is 12.1 Å². The maximum Gasteiger partial charge on any atom is 0.0713 e. The van der Waals surface area contributed by atoms with Crippen molar-refractivity contribution in [2.24, 2.45) is 0 Å². The molecule has 16 heavy (non-hydrogen) atoms. The van der Waals surface area contributed by atoms with Gasteiger partial charge in [-0.25, -0.2) is 0 Å². The van der Waals surface area contributed by atoms with Crippen molar-refractivity contribution in [2.75, 3.05) is 26.1 Å². The number of ether oxygens (including phenoxy) is 2. The van der Waals surface area contributed by atoms with Gasteiger partial charge in [-0.2, -0.15) is 0 Å². The summed E-state index contributed by atoms with van der Waals surface area (Å²) in [5, 5.41) is 3.44. The normalized spacial score (nSPS) is 12.4. The summed E-state index contributed by atoms with van der Waals surface area (Å²) in [4.78, 5) is 0. The summed E-state index contributed by atoms with van der Waals surface area (Å²) in [7, 11) is 3.44. The quantitative estimate of drug-likeness (QED) is 0.771. The molecule has 0 saturated heterocycles. The van der Waals surface area contributed by atoms with E-state index >= 15 is 0 Å². The number of benzene rings is 1. The van der Waals surface area contributed by atoms with Gasteiger partial charge >= 0.3 is 0 Å². The van der Waals surface area contributed by atoms with Crippen LogP contribution < -0.4 is 5.32 Å². The maximum absolute atomic E-state index is 5.10. The van der Waals surface area contributed by atoms with E-state index in [0.717, 1.165) is 18.7 Å². The zero-order chi connectivity index (χ0) is 11.8. The first-order valence-corrected chi connectivity index (χ1v) is 5.59. The highest BCUT2D eigenvalue weighted by Crippen LogP contribution is 2.13. The van der Waals surface area contributed by atoms with Gasteiger partial charge in [0.05, 0.1) is 6.61 Å². The summed E-state index contributed by atoms with van der Waals surface area (Å²) in [6.45, 7) is 3.59. The lowest BCUT2D eigenvalue weighted by molar-refractivity contribution is 0.185. The second-order valence-corrected chi connectivity index (χ2v) is 3.96. The Labute approximate surface area is 97.8 Å². The largest absolute Gasteiger partial charge is 0.385 e. The molecule has 0 heterocycles. The molecule has 0 amide bonds. The molecule has 0 aliphatic carbocycles. The predicted molar refractivity (Wildman–Crippen MR) is 66.7 cm³/mol. The van der Waals surface area contributed by atoms with E-state index in [1.165, 1.54) is 5.56 Å². The van der Waals surface area contributed by atoms with Crippen molar-refractivity contribution in [3.8, 4) is 0 Å². The number of methoxy groups -OCH3 is 2. The average molecular weight is 223 g/mol. The Bertz CT molecular complexity index is 302. The number of nitrogens with one attached hydrogen (secondary N) is 1. The van der Waals surface area contributed by atoms with E-state index < -0.39 is 0 Å². The number of anilines is 1. The van der Waals surface area contributed by atoms with Gasteiger partial charge in [0.15, 0.2) is 0 Å². The Hall–Kier alpha value is -1.06. The Morgan fingerprint density at radius 2 is 2.06 bits per heavy atom. The standard InChI is InChI=1S/C13H21NO2/c1-11(7-8-15-2)14-13-6-4-5-12(9-13)10-16-3/h4-6,9,11,14H,7-8,10H2,1-3H3. The molecule has 0 saturated carbocycles. The van der Waals surface area contributed by atoms with Gasteiger partial charge in [-0.3, -0.25) is 0 Å². The smallest absolute Gasteiger partial charge is 0.0713 e. The first-order chi connectivity index (χ1) is 7.76. The molecule has 0 spiro atoms. The molecular weight excluding hydrogens is 202 g/mol. The van der Waals surface area contributed by atoms with E-state index in [1.54, 1.807) is 14.2 Å². The topological polar surface area (TPSA) is 30.5 Å². The van der Waals surface area contributed by atoms with E-state index in [2.05, 4.69) is 30.4 Å². The highest BCUT2D eigenvalue weighted by molar-refractivity contribution is 5.46. The molecule has 1 atom stereocenters. The fourth-order valence-electron chi connectivity index (χ4n) is 1.57. The van der Waals surface area contributed by atoms with Crippen LogP contribution in [0.3, 0.4) is 0 Å². The fourth-order valence-corrected chi connectivity index (χ4v) is 1.57. The molecule has 1 rings (SSSR count). The van der Waals surface area contributed by atoms with E-state index in [4.69, 9.17) is 9.47 Å². The average Bonchev–Trinajstić information content (AvgIpc) is 2.27. The van der Waals surface area contributed by atoms with Crippen LogP contribution in [0.4, 0.5) is 5.69 Å². The zero-order valence-electron chi connectivity index (χ0n) is 10.3. The van der Waals surface area contributed by atoms with Gasteiger partial charge in [0, 0.05) is 32.6 Å². The molecule has 0 bridgehead atoms. The van der Waals surface area contributed by atoms with E-state index in [9.17, 15) is 0 Å². The summed E-state index contributed by atoms with van der Waals surface area (Å²) in [6, 6.07) is 8.71. The molecule has 3 heteroatoms. The van der Waals surface area contributed by atoms with Crippen LogP contribution in [0, 0.1) is 0 Å². The van der Waals surface area contributed by atoms with Gasteiger partial charge in [-0.15, -0.1) is 0 Å². The van der Waals surface area contributed by atoms with Crippen LogP contribution in [0.1, 0.15) is 18.9 Å². The van der Waals surface area contributed by atoms with Crippen molar-refractivity contribution >= 4 is 5.69 Å². The number of hydrogen-bond donors (Lipinski definition) is 1. The monoisotopic (exact) mass is 223 g/mol. The summed E-state index contributed by atoms with van der Waals surface area (Å²) in [6.07, 6.45) is 1.00. The minimum Gasteiger partial charge on any atom is -0.385 e. The van der Waals surface area contributed by atoms with Crippen molar-refractivity contribution in [3.63, 3.8) is 0 Å². The van der Waals surface area contributed by atoms with E-state index in [1.807, 2.05) is 6.07 Å². The molecule has 1 N–H and O–H groups in total. The number of hydrogen-bond acceptors (Lipinski definition) is 3. The SMILES string of the molecule is COCCC(C)Nc1cccc(COC)c1. The van der Waals surface area contributed by atoms with Crippen molar-refractivity contribution in [3.05, 3.63) is 29.8 Å². The van der Waals surface area contributed by atoms with Crippen molar-refractivity contribution < 1.29 is 9.47 Å². The van der Waals surface area contributed by atoms with E-state index in [-0.39, 0.29) is 0 Å². The maximum atomic E-state index is 5.10. The molecular formula is C13H21NO2. The van der Waals surface area contributed by atoms with Crippen LogP contribution in [-0.2, 0) is 16.1 Å². The summed E-state index contributed by atoms with van der Waals surface area (Å²) in [5.74, 6) is 0. The molecule has 1 aromatic rings. The van der Waals surface area contributed by atoms with E-state index in [0.29, 0.717) is 12.6 Å². The summed E-state index contributed by atoms with van der Waals surface area (Å²) in [5.41, 5.74) is 2.32. The van der Waals surface area contributed by atoms with Gasteiger partial charge < -0.3 is 14.8 Å². The fraction of sp³-hybridized carbons (Fsp3) is 0.538. The minimum atomic E-state index is 0.415. The van der Waals surface area contributed by atoms with Gasteiger partial charge in [0.25, 0.3) is 0 Å². The summed E-state index contributed by atoms with van der Waals surface area (Å²) < 4.78 is 10.2. The van der Waals surface area contributed by atoms with Crippen molar-refractivity contribution in [1.82, 2.24) is 0 Å². The van der Waals surface area contributed by atoms with Crippen LogP contribution >= 0.6 is 0 Å². The Balaban J connectivity index is 2.49. The van der Waals surface area contributed by atoms with Crippen molar-refractivity contribution in [2.45, 2.75) is 26.0 Å². The third kappa shape index (κ3) is 4.64. The molecule has 0 radical (unpaired) electrons. The van der Waals surface area contributed by atoms with Crippen LogP contribution in [0.25, 0.3) is 0 Å². The van der Waals surface area contributed by atoms with Gasteiger partial charge in [0.2, 0.25) is 0 Å². The van der Waals surface area contributed by atoms with Crippen LogP contribution in [0.2, 0.25) is 0 Å². The molecule has 1 unspecified atom stereocenters. The van der Waals surface area contributed by atoms with Gasteiger partial charge in [-0.05, 0) is 31.0 Å². The third-order valence-electron chi connectivity index (χ3n) is 2.41. The lowest BCUT2D eigenvalue weighted by atomic mass is 10.2. The molecule has 0 aromatic heterocycles. The first-order valence-electron chi connectivity index (χ1n) is 5.59. The predicted octanol–water partition coefficient (Wildman–Crippen LogP) is 2.67. The van der Waals surface area contributed by atoms with Crippen LogP contribution in [0.5, 0.6) is 0 Å². The Morgan fingerprint density at radius 3 is 2.75 bits per heavy atom. The molecule has 1 aromatic carbocycles. The van der Waals surface area contributed by atoms with Crippen LogP contribution in [0.15, 0.2) is 24.3 Å². The highest BCUT2D eigenvalue weighted by Gasteiger charge is 2.02. The first kappa shape index (κ1) is 13.0. The third-order valence-corrected chi connectivity index (χ3v) is 2.41. The lowest BCUT2D eigenvalue weighted by Gasteiger charge is -2.15. The zero-order valence-corrected chi connectivity index (χ0v) is 10.3. The molecule has 0 aliphatic rings. The Kier molecular flexibility index (Phi) is 5.90. The minimum absolute atomic E-state index is 0.415. The lowest BCUT2D eigenvalue weighted by Crippen LogP contribution is -2.17. The molecule has 0 aliphatic heterocycles. The molecule has 0 fully saturated rings. The molecule has 3 nitrogen and oxygen atoms in total. The second kappa shape index (κ2) is 7.25. The highest BCUT2D eigenvalue weighted by atomic mass is 16.5. The number of rotatable bonds is 7. The molecule has 90 valence electrons. The second-order valence-electron chi connectivity index (χ2n) is 3.96. The summed E-state index contributed by atoms with van der Waals surface area (Å²) >= 11 is 0.